The molecule has 0 spiro atoms. The molecule has 0 fully saturated rings. The highest BCUT2D eigenvalue weighted by Crippen LogP contribution is 2.53. The summed E-state index contributed by atoms with van der Waals surface area (Å²) >= 11 is 0. The summed E-state index contributed by atoms with van der Waals surface area (Å²) in [4.78, 5) is 0. The lowest BCUT2D eigenvalue weighted by Gasteiger charge is -2.21. The molecule has 0 bridgehead atoms. The Morgan fingerprint density at radius 1 is 0.174 bits per heavy atom. The van der Waals surface area contributed by atoms with E-state index in [1.807, 2.05) is 6.07 Å². The average Bonchev–Trinajstić information content (AvgIpc) is 1.28. The molecule has 0 unspecified atom stereocenters. The van der Waals surface area contributed by atoms with Gasteiger partial charge in [0.15, 0.2) is 0 Å². The molecule has 0 saturated heterocycles. The normalized spacial score (nSPS) is 12.0. The lowest BCUT2D eigenvalue weighted by molar-refractivity contribution is 0.669. The minimum Gasteiger partial charge on any atom is -0.456 e. The molecular formula is C84H50O2. The number of fused-ring (bicyclic) bond motifs is 12. The highest BCUT2D eigenvalue weighted by Gasteiger charge is 2.26. The van der Waals surface area contributed by atoms with Crippen LogP contribution in [-0.4, -0.2) is 0 Å². The van der Waals surface area contributed by atoms with Gasteiger partial charge in [-0.2, -0.15) is 0 Å². The summed E-state index contributed by atoms with van der Waals surface area (Å²) in [6.45, 7) is 0. The van der Waals surface area contributed by atoms with Gasteiger partial charge in [-0.05, 0) is 173 Å². The van der Waals surface area contributed by atoms with Crippen LogP contribution in [0.4, 0.5) is 0 Å². The molecule has 2 aromatic heterocycles. The van der Waals surface area contributed by atoms with E-state index in [1.165, 1.54) is 109 Å². The van der Waals surface area contributed by atoms with Gasteiger partial charge in [-0.15, -0.1) is 0 Å². The molecule has 0 aliphatic carbocycles. The van der Waals surface area contributed by atoms with Gasteiger partial charge >= 0.3 is 0 Å². The molecule has 0 N–H and O–H groups in total. The Balaban J connectivity index is 0.873. The van der Waals surface area contributed by atoms with Crippen molar-refractivity contribution in [3.63, 3.8) is 0 Å². The zero-order valence-electron chi connectivity index (χ0n) is 46.7. The number of para-hydroxylation sites is 2. The Bertz CT molecular complexity index is 5730. The Labute approximate surface area is 495 Å². The van der Waals surface area contributed by atoms with Crippen LogP contribution in [0.2, 0.25) is 0 Å². The van der Waals surface area contributed by atoms with Crippen LogP contribution in [0.3, 0.4) is 0 Å². The van der Waals surface area contributed by atoms with Gasteiger partial charge < -0.3 is 8.83 Å². The molecule has 2 heterocycles. The van der Waals surface area contributed by atoms with Gasteiger partial charge in [0.05, 0.1) is 0 Å². The van der Waals surface area contributed by atoms with Crippen LogP contribution in [0, 0.1) is 0 Å². The molecular weight excluding hydrogens is 1040 g/mol. The molecule has 398 valence electrons. The van der Waals surface area contributed by atoms with Crippen molar-refractivity contribution >= 4 is 109 Å². The molecule has 86 heavy (non-hydrogen) atoms. The minimum absolute atomic E-state index is 0.856. The van der Waals surface area contributed by atoms with Crippen LogP contribution in [0.25, 0.3) is 186 Å². The van der Waals surface area contributed by atoms with Crippen LogP contribution in [0.5, 0.6) is 0 Å². The highest BCUT2D eigenvalue weighted by molar-refractivity contribution is 6.29. The molecule has 0 aliphatic rings. The molecule has 2 heteroatoms. The number of benzene rings is 16. The molecule has 0 radical (unpaired) electrons. The van der Waals surface area contributed by atoms with E-state index >= 15 is 0 Å². The first kappa shape index (κ1) is 48.2. The van der Waals surface area contributed by atoms with E-state index in [2.05, 4.69) is 297 Å². The second-order valence-electron chi connectivity index (χ2n) is 22.8. The summed E-state index contributed by atoms with van der Waals surface area (Å²) in [6, 6.07) is 111. The Morgan fingerprint density at radius 3 is 1.15 bits per heavy atom. The van der Waals surface area contributed by atoms with Crippen molar-refractivity contribution in [1.82, 2.24) is 0 Å². The van der Waals surface area contributed by atoms with Gasteiger partial charge in [-0.25, -0.2) is 0 Å². The fourth-order valence-corrected chi connectivity index (χ4v) is 14.6. The first-order chi connectivity index (χ1) is 42.7. The number of furan rings is 2. The quantitative estimate of drug-likeness (QED) is 0.149. The summed E-state index contributed by atoms with van der Waals surface area (Å²) in [6.07, 6.45) is 0. The van der Waals surface area contributed by atoms with Crippen molar-refractivity contribution in [2.45, 2.75) is 0 Å². The lowest BCUT2D eigenvalue weighted by atomic mass is 9.81. The summed E-state index contributed by atoms with van der Waals surface area (Å²) in [7, 11) is 0. The largest absolute Gasteiger partial charge is 0.456 e. The van der Waals surface area contributed by atoms with Crippen LogP contribution in [0.15, 0.2) is 312 Å². The number of rotatable bonds is 7. The summed E-state index contributed by atoms with van der Waals surface area (Å²) in [5, 5.41) is 18.9. The fourth-order valence-electron chi connectivity index (χ4n) is 14.6. The number of hydrogen-bond donors (Lipinski definition) is 0. The van der Waals surface area contributed by atoms with Crippen molar-refractivity contribution in [2.75, 3.05) is 0 Å². The second kappa shape index (κ2) is 19.1. The Morgan fingerprint density at radius 2 is 0.547 bits per heavy atom. The number of hydrogen-bond acceptors (Lipinski definition) is 2. The Kier molecular flexibility index (Phi) is 10.7. The zero-order valence-corrected chi connectivity index (χ0v) is 46.7. The van der Waals surface area contributed by atoms with Crippen LogP contribution in [0.1, 0.15) is 0 Å². The van der Waals surface area contributed by atoms with Gasteiger partial charge in [0.25, 0.3) is 0 Å². The topological polar surface area (TPSA) is 26.3 Å². The third kappa shape index (κ3) is 7.27. The van der Waals surface area contributed by atoms with Crippen LogP contribution in [-0.2, 0) is 0 Å². The molecule has 0 atom stereocenters. The van der Waals surface area contributed by atoms with E-state index < -0.39 is 0 Å². The van der Waals surface area contributed by atoms with Gasteiger partial charge in [0, 0.05) is 27.1 Å². The van der Waals surface area contributed by atoms with Crippen LogP contribution < -0.4 is 0 Å². The van der Waals surface area contributed by atoms with Gasteiger partial charge in [-0.1, -0.05) is 267 Å². The van der Waals surface area contributed by atoms with E-state index in [4.69, 9.17) is 8.83 Å². The van der Waals surface area contributed by atoms with Gasteiger partial charge in [0.2, 0.25) is 0 Å². The molecule has 18 aromatic rings. The van der Waals surface area contributed by atoms with Crippen molar-refractivity contribution in [3.8, 4) is 77.9 Å². The van der Waals surface area contributed by atoms with Crippen molar-refractivity contribution in [3.05, 3.63) is 303 Å². The van der Waals surface area contributed by atoms with E-state index in [0.717, 1.165) is 77.3 Å². The summed E-state index contributed by atoms with van der Waals surface area (Å²) in [5.41, 5.74) is 19.8. The average molecular weight is 1090 g/mol. The van der Waals surface area contributed by atoms with Gasteiger partial charge in [0.1, 0.15) is 22.3 Å². The molecule has 0 saturated carbocycles. The lowest BCUT2D eigenvalue weighted by Crippen LogP contribution is -1.94. The highest BCUT2D eigenvalue weighted by atomic mass is 16.3. The van der Waals surface area contributed by atoms with E-state index in [9.17, 15) is 0 Å². The molecule has 18 rings (SSSR count). The molecule has 0 amide bonds. The smallest absolute Gasteiger partial charge is 0.143 e. The minimum atomic E-state index is 0.856. The predicted molar refractivity (Wildman–Crippen MR) is 364 cm³/mol. The van der Waals surface area contributed by atoms with Crippen molar-refractivity contribution in [2.24, 2.45) is 0 Å². The van der Waals surface area contributed by atoms with E-state index in [0.29, 0.717) is 0 Å². The summed E-state index contributed by atoms with van der Waals surface area (Å²) in [5.74, 6) is 0. The summed E-state index contributed by atoms with van der Waals surface area (Å²) < 4.78 is 13.8. The first-order valence-electron chi connectivity index (χ1n) is 29.6. The SMILES string of the molecule is c1cc(-c2cccc3ccccc23)cc(-c2c3ccccc3c(-c3ccc(-c4ccc(-c5c6ccccc6c(-c6cccc7oc8ccccc8c67)c6ccccc56)c(-c5cccc6ccccc56)c4)c4oc5ccccc5c34)c3ccccc23)c1. The maximum absolute atomic E-state index is 7.25. The van der Waals surface area contributed by atoms with E-state index in [1.54, 1.807) is 0 Å². The predicted octanol–water partition coefficient (Wildman–Crippen LogP) is 24.1. The Hall–Kier alpha value is -11.3. The zero-order chi connectivity index (χ0) is 56.4. The maximum atomic E-state index is 7.25. The third-order valence-corrected chi connectivity index (χ3v) is 18.3. The van der Waals surface area contributed by atoms with Gasteiger partial charge in [-0.3, -0.25) is 0 Å². The van der Waals surface area contributed by atoms with Crippen LogP contribution >= 0.6 is 0 Å². The van der Waals surface area contributed by atoms with E-state index in [-0.39, 0.29) is 0 Å². The first-order valence-corrected chi connectivity index (χ1v) is 29.6. The second-order valence-corrected chi connectivity index (χ2v) is 22.8. The maximum Gasteiger partial charge on any atom is 0.143 e. The third-order valence-electron chi connectivity index (χ3n) is 18.3. The molecule has 0 aliphatic heterocycles. The van der Waals surface area contributed by atoms with Crippen molar-refractivity contribution < 1.29 is 8.83 Å². The molecule has 2 nitrogen and oxygen atoms in total. The monoisotopic (exact) mass is 1090 g/mol. The molecule has 16 aromatic carbocycles. The fraction of sp³-hybridized carbons (Fsp3) is 0. The standard InChI is InChI=1S/C84H50O2/c1-3-27-56-51(21-1)23-18-39-58(56)53-25-17-26-55(49-53)78-61-29-5-7-31-63(61)81(64-32-8-6-30-62(64)78)73-48-47-59(84-83(73)71-38-14-16-43-76(71)86-84)54-45-46-69(74(50-54)60-40-19-24-52-22-2-4-28-57(52)60)79-65-33-9-11-35-67(65)80(68-36-12-10-34-66(68)79)72-41-20-44-77-82(72)70-37-13-15-42-75(70)85-77/h1-50H. The van der Waals surface area contributed by atoms with Crippen molar-refractivity contribution in [1.29, 1.82) is 0 Å².